The predicted octanol–water partition coefficient (Wildman–Crippen LogP) is 1.51. The van der Waals surface area contributed by atoms with Crippen molar-refractivity contribution in [2.45, 2.75) is 0 Å². The lowest BCUT2D eigenvalue weighted by atomic mass is 10.6. The van der Waals surface area contributed by atoms with Crippen LogP contribution in [0.1, 0.15) is 0 Å². The van der Waals surface area contributed by atoms with Crippen molar-refractivity contribution in [3.63, 3.8) is 0 Å². The van der Waals surface area contributed by atoms with Crippen molar-refractivity contribution >= 4 is 40.8 Å². The van der Waals surface area contributed by atoms with Crippen molar-refractivity contribution in [3.05, 3.63) is 18.5 Å². The molecule has 0 radical (unpaired) electrons. The molecule has 0 saturated heterocycles. The summed E-state index contributed by atoms with van der Waals surface area (Å²) in [7, 11) is 1.80. The summed E-state index contributed by atoms with van der Waals surface area (Å²) in [6.45, 7) is 0. The van der Waals surface area contributed by atoms with E-state index < -0.39 is 4.55 Å². The Morgan fingerprint density at radius 1 is 1.64 bits per heavy atom. The fourth-order valence-electron chi connectivity index (χ4n) is 0.570. The Morgan fingerprint density at radius 2 is 2.27 bits per heavy atom. The van der Waals surface area contributed by atoms with Gasteiger partial charge >= 0.3 is 0 Å². The first-order valence-electron chi connectivity index (χ1n) is 2.82. The van der Waals surface area contributed by atoms with Gasteiger partial charge in [0.05, 0.1) is 5.30 Å². The highest BCUT2D eigenvalue weighted by molar-refractivity contribution is 9.71. The minimum atomic E-state index is -2.49. The first-order chi connectivity index (χ1) is 5.00. The zero-order valence-corrected chi connectivity index (χ0v) is 9.80. The van der Waals surface area contributed by atoms with Crippen LogP contribution in [0.4, 0.5) is 0 Å². The highest BCUT2D eigenvalue weighted by Crippen LogP contribution is 2.59. The van der Waals surface area contributed by atoms with Gasteiger partial charge in [0.1, 0.15) is 6.20 Å². The van der Waals surface area contributed by atoms with Gasteiger partial charge < -0.3 is 0 Å². The number of hydrogen-bond donors (Lipinski definition) is 0. The second kappa shape index (κ2) is 3.33. The van der Waals surface area contributed by atoms with Crippen molar-refractivity contribution in [1.29, 1.82) is 0 Å². The highest BCUT2D eigenvalue weighted by Gasteiger charge is 2.17. The fraction of sp³-hybridized carbons (Fsp3) is 0.200. The van der Waals surface area contributed by atoms with Gasteiger partial charge in [0.25, 0.3) is 0 Å². The Morgan fingerprint density at radius 3 is 2.64 bits per heavy atom. The van der Waals surface area contributed by atoms with Crippen molar-refractivity contribution in [1.82, 2.24) is 5.10 Å². The maximum Gasteiger partial charge on any atom is 0.237 e. The molecule has 3 nitrogen and oxygen atoms in total. The average Bonchev–Trinajstić information content (AvgIpc) is 1.86. The van der Waals surface area contributed by atoms with Crippen LogP contribution in [0, 0.1) is 0 Å². The second-order valence-electron chi connectivity index (χ2n) is 2.02. The molecule has 1 aromatic heterocycles. The lowest BCUT2D eigenvalue weighted by Gasteiger charge is -1.97. The summed E-state index contributed by atoms with van der Waals surface area (Å²) < 4.78 is 10.5. The first-order valence-corrected chi connectivity index (χ1v) is 8.56. The quantitative estimate of drug-likeness (QED) is 0.582. The first kappa shape index (κ1) is 9.36. The summed E-state index contributed by atoms with van der Waals surface area (Å²) in [5.74, 6) is 0. The molecule has 0 aliphatic heterocycles. The maximum absolute atomic E-state index is 11.3. The number of aromatic nitrogens is 2. The zero-order chi connectivity index (χ0) is 8.48. The molecule has 0 amide bonds. The predicted molar refractivity (Wildman–Crippen MR) is 50.5 cm³/mol. The molecule has 60 valence electrons. The van der Waals surface area contributed by atoms with Crippen LogP contribution in [0.5, 0.6) is 0 Å². The molecule has 6 heteroatoms. The van der Waals surface area contributed by atoms with Crippen LogP contribution in [0.15, 0.2) is 18.5 Å². The molecule has 0 saturated carbocycles. The minimum absolute atomic E-state index is 0.663. The Balaban J connectivity index is 3.09. The van der Waals surface area contributed by atoms with Crippen LogP contribution >= 0.6 is 35.5 Å². The van der Waals surface area contributed by atoms with E-state index in [2.05, 4.69) is 36.1 Å². The summed E-state index contributed by atoms with van der Waals surface area (Å²) >= 11 is 6.07. The smallest absolute Gasteiger partial charge is 0.237 e. The standard InChI is InChI=1S/C5H6Br2N2OP/c1-9-3-2-5(4-8-9)11(6,7)10/h2-4H,1H3/q+1. The molecule has 0 aliphatic rings. The molecule has 1 aromatic rings. The van der Waals surface area contributed by atoms with E-state index in [1.807, 2.05) is 0 Å². The topological polar surface area (TPSA) is 33.8 Å². The van der Waals surface area contributed by atoms with E-state index in [9.17, 15) is 4.57 Å². The molecule has 0 aliphatic carbocycles. The summed E-state index contributed by atoms with van der Waals surface area (Å²) in [5, 5.41) is 4.59. The van der Waals surface area contributed by atoms with E-state index in [1.54, 1.807) is 30.2 Å². The van der Waals surface area contributed by atoms with Gasteiger partial charge in [0.2, 0.25) is 4.55 Å². The van der Waals surface area contributed by atoms with Gasteiger partial charge in [-0.2, -0.15) is 0 Å². The molecule has 0 N–H and O–H groups in total. The molecular weight excluding hydrogens is 295 g/mol. The molecule has 0 fully saturated rings. The third-order valence-electron chi connectivity index (χ3n) is 1.13. The largest absolute Gasteiger partial charge is 0.294 e. The lowest BCUT2D eigenvalue weighted by molar-refractivity contribution is -0.730. The number of rotatable bonds is 1. The molecule has 1 rings (SSSR count). The highest BCUT2D eigenvalue weighted by atomic mass is 79.9. The van der Waals surface area contributed by atoms with Crippen LogP contribution in [0.2, 0.25) is 0 Å². The normalized spacial score (nSPS) is 11.5. The molecule has 0 unspecified atom stereocenters. The molecule has 0 aromatic carbocycles. The van der Waals surface area contributed by atoms with Crippen molar-refractivity contribution in [3.8, 4) is 0 Å². The molecule has 0 bridgehead atoms. The van der Waals surface area contributed by atoms with Gasteiger partial charge in [0.15, 0.2) is 13.2 Å². The summed E-state index contributed by atoms with van der Waals surface area (Å²) in [6.07, 6.45) is 3.30. The van der Waals surface area contributed by atoms with Crippen LogP contribution in [0.25, 0.3) is 0 Å². The lowest BCUT2D eigenvalue weighted by Crippen LogP contribution is -2.33. The van der Waals surface area contributed by atoms with Crippen molar-refractivity contribution in [2.75, 3.05) is 0 Å². The summed E-state index contributed by atoms with van der Waals surface area (Å²) in [4.78, 5) is 0. The van der Waals surface area contributed by atoms with E-state index in [1.165, 1.54) is 0 Å². The molecule has 1 heterocycles. The van der Waals surface area contributed by atoms with E-state index >= 15 is 0 Å². The van der Waals surface area contributed by atoms with Crippen LogP contribution in [0.3, 0.4) is 0 Å². The second-order valence-corrected chi connectivity index (χ2v) is 12.3. The van der Waals surface area contributed by atoms with Crippen LogP contribution < -0.4 is 9.99 Å². The minimum Gasteiger partial charge on any atom is -0.294 e. The van der Waals surface area contributed by atoms with E-state index in [0.29, 0.717) is 5.30 Å². The van der Waals surface area contributed by atoms with Gasteiger partial charge in [-0.05, 0) is 36.1 Å². The molecule has 0 spiro atoms. The van der Waals surface area contributed by atoms with Gasteiger partial charge in [-0.15, -0.1) is 0 Å². The third-order valence-corrected chi connectivity index (χ3v) is 4.46. The Kier molecular flexibility index (Phi) is 2.84. The number of nitrogens with zero attached hydrogens (tertiary/aromatic N) is 2. The van der Waals surface area contributed by atoms with Gasteiger partial charge in [0, 0.05) is 6.07 Å². The Hall–Kier alpha value is 0.270. The van der Waals surface area contributed by atoms with Crippen LogP contribution in [-0.2, 0) is 11.6 Å². The monoisotopic (exact) mass is 299 g/mol. The van der Waals surface area contributed by atoms with Gasteiger partial charge in [-0.3, -0.25) is 4.57 Å². The number of aryl methyl sites for hydroxylation is 1. The van der Waals surface area contributed by atoms with Gasteiger partial charge in [-0.1, -0.05) is 4.68 Å². The number of hydrogen-bond acceptors (Lipinski definition) is 2. The van der Waals surface area contributed by atoms with Crippen molar-refractivity contribution < 1.29 is 9.25 Å². The average molecular weight is 301 g/mol. The fourth-order valence-corrected chi connectivity index (χ4v) is 2.25. The Labute approximate surface area is 80.7 Å². The molecule has 0 atom stereocenters. The van der Waals surface area contributed by atoms with Gasteiger partial charge in [-0.25, -0.2) is 0 Å². The van der Waals surface area contributed by atoms with E-state index in [0.717, 1.165) is 0 Å². The van der Waals surface area contributed by atoms with E-state index in [4.69, 9.17) is 0 Å². The van der Waals surface area contributed by atoms with Crippen LogP contribution in [-0.4, -0.2) is 5.10 Å². The Bertz CT molecular complexity index is 294. The molecular formula is C5H6Br2N2OP+. The molecule has 11 heavy (non-hydrogen) atoms. The summed E-state index contributed by atoms with van der Waals surface area (Å²) in [5.41, 5.74) is 0. The van der Waals surface area contributed by atoms with E-state index in [-0.39, 0.29) is 0 Å². The van der Waals surface area contributed by atoms with Crippen molar-refractivity contribution in [2.24, 2.45) is 7.05 Å². The third kappa shape index (κ3) is 2.65. The summed E-state index contributed by atoms with van der Waals surface area (Å²) in [6, 6.07) is 1.75. The number of halogens is 2. The maximum atomic E-state index is 11.3. The zero-order valence-electron chi connectivity index (χ0n) is 5.74. The SMILES string of the molecule is C[n+]1ccc(P(=O)(Br)Br)cn1.